The molecule has 1 N–H and O–H groups in total. The van der Waals surface area contributed by atoms with Crippen LogP contribution in [0.2, 0.25) is 0 Å². The number of likely N-dealkylation sites (N-methyl/N-ethyl adjacent to an activating group) is 1. The molecular formula is C14H25N3O. The summed E-state index contributed by atoms with van der Waals surface area (Å²) in [5.41, 5.74) is 1.23. The van der Waals surface area contributed by atoms with Crippen molar-refractivity contribution in [3.63, 3.8) is 0 Å². The van der Waals surface area contributed by atoms with Gasteiger partial charge in [0.05, 0.1) is 12.8 Å². The first-order valence-corrected chi connectivity index (χ1v) is 6.86. The summed E-state index contributed by atoms with van der Waals surface area (Å²) in [4.78, 5) is 4.96. The van der Waals surface area contributed by atoms with Crippen LogP contribution in [0.15, 0.2) is 16.7 Å². The first-order chi connectivity index (χ1) is 8.72. The highest BCUT2D eigenvalue weighted by atomic mass is 16.3. The molecule has 18 heavy (non-hydrogen) atoms. The highest BCUT2D eigenvalue weighted by molar-refractivity contribution is 5.12. The fourth-order valence-corrected chi connectivity index (χ4v) is 2.62. The van der Waals surface area contributed by atoms with Crippen molar-refractivity contribution in [2.75, 3.05) is 33.7 Å². The standard InChI is InChI=1S/C14H25N3O/c1-4-13-9-17(6-5-16(13)3)10-14-7-12(8-15-2)11-18-14/h7,11,13,15H,4-6,8-10H2,1-3H3. The zero-order valence-electron chi connectivity index (χ0n) is 11.8. The van der Waals surface area contributed by atoms with E-state index in [0.29, 0.717) is 6.04 Å². The molecule has 0 spiro atoms. The van der Waals surface area contributed by atoms with E-state index in [2.05, 4.69) is 35.2 Å². The van der Waals surface area contributed by atoms with Crippen LogP contribution in [0.4, 0.5) is 0 Å². The number of piperazine rings is 1. The maximum absolute atomic E-state index is 5.62. The van der Waals surface area contributed by atoms with Crippen molar-refractivity contribution in [3.05, 3.63) is 23.7 Å². The van der Waals surface area contributed by atoms with E-state index >= 15 is 0 Å². The zero-order valence-corrected chi connectivity index (χ0v) is 11.8. The number of nitrogens with one attached hydrogen (secondary N) is 1. The highest BCUT2D eigenvalue weighted by Crippen LogP contribution is 2.15. The highest BCUT2D eigenvalue weighted by Gasteiger charge is 2.23. The Morgan fingerprint density at radius 2 is 2.28 bits per heavy atom. The van der Waals surface area contributed by atoms with Crippen LogP contribution in [0.1, 0.15) is 24.7 Å². The van der Waals surface area contributed by atoms with Crippen molar-refractivity contribution in [3.8, 4) is 0 Å². The van der Waals surface area contributed by atoms with E-state index in [-0.39, 0.29) is 0 Å². The minimum Gasteiger partial charge on any atom is -0.468 e. The molecule has 1 saturated heterocycles. The summed E-state index contributed by atoms with van der Waals surface area (Å²) in [6.45, 7) is 7.52. The van der Waals surface area contributed by atoms with E-state index in [0.717, 1.165) is 38.5 Å². The third kappa shape index (κ3) is 3.34. The molecule has 1 unspecified atom stereocenters. The van der Waals surface area contributed by atoms with Gasteiger partial charge in [-0.05, 0) is 26.6 Å². The molecule has 1 aliphatic heterocycles. The Hall–Kier alpha value is -0.840. The van der Waals surface area contributed by atoms with Gasteiger partial charge >= 0.3 is 0 Å². The van der Waals surface area contributed by atoms with Gasteiger partial charge in [-0.25, -0.2) is 0 Å². The van der Waals surface area contributed by atoms with Crippen LogP contribution in [-0.2, 0) is 13.1 Å². The summed E-state index contributed by atoms with van der Waals surface area (Å²) in [7, 11) is 4.18. The Balaban J connectivity index is 1.88. The Morgan fingerprint density at radius 1 is 1.44 bits per heavy atom. The van der Waals surface area contributed by atoms with Crippen LogP contribution < -0.4 is 5.32 Å². The van der Waals surface area contributed by atoms with Crippen LogP contribution in [0.25, 0.3) is 0 Å². The van der Waals surface area contributed by atoms with E-state index in [1.807, 2.05) is 13.3 Å². The molecule has 1 aromatic rings. The van der Waals surface area contributed by atoms with Crippen LogP contribution >= 0.6 is 0 Å². The fourth-order valence-electron chi connectivity index (χ4n) is 2.62. The maximum Gasteiger partial charge on any atom is 0.118 e. The fraction of sp³-hybridized carbons (Fsp3) is 0.714. The molecule has 4 heteroatoms. The Labute approximate surface area is 110 Å². The number of hydrogen-bond donors (Lipinski definition) is 1. The average Bonchev–Trinajstić information content (AvgIpc) is 2.80. The molecule has 0 aromatic carbocycles. The van der Waals surface area contributed by atoms with Gasteiger partial charge in [0.2, 0.25) is 0 Å². The van der Waals surface area contributed by atoms with Crippen molar-refractivity contribution < 1.29 is 4.42 Å². The van der Waals surface area contributed by atoms with Crippen LogP contribution in [-0.4, -0.2) is 49.6 Å². The molecule has 0 amide bonds. The first-order valence-electron chi connectivity index (χ1n) is 6.86. The minimum atomic E-state index is 0.686. The Kier molecular flexibility index (Phi) is 4.80. The maximum atomic E-state index is 5.62. The predicted octanol–water partition coefficient (Wildman–Crippen LogP) is 1.53. The lowest BCUT2D eigenvalue weighted by Crippen LogP contribution is -2.50. The quantitative estimate of drug-likeness (QED) is 0.860. The molecule has 102 valence electrons. The molecule has 0 bridgehead atoms. The Bertz CT molecular complexity index is 364. The SMILES string of the molecule is CCC1CN(Cc2cc(CNC)co2)CCN1C. The van der Waals surface area contributed by atoms with Gasteiger partial charge in [-0.15, -0.1) is 0 Å². The van der Waals surface area contributed by atoms with Gasteiger partial charge in [0.25, 0.3) is 0 Å². The molecule has 1 aliphatic rings. The minimum absolute atomic E-state index is 0.686. The lowest BCUT2D eigenvalue weighted by Gasteiger charge is -2.38. The van der Waals surface area contributed by atoms with E-state index in [1.165, 1.54) is 12.0 Å². The molecule has 4 nitrogen and oxygen atoms in total. The van der Waals surface area contributed by atoms with Crippen molar-refractivity contribution in [1.82, 2.24) is 15.1 Å². The topological polar surface area (TPSA) is 31.6 Å². The normalized spacial score (nSPS) is 22.5. The number of furan rings is 1. The van der Waals surface area contributed by atoms with Gasteiger partial charge in [-0.2, -0.15) is 0 Å². The Morgan fingerprint density at radius 3 is 3.00 bits per heavy atom. The second-order valence-corrected chi connectivity index (χ2v) is 5.23. The van der Waals surface area contributed by atoms with Crippen molar-refractivity contribution in [2.45, 2.75) is 32.5 Å². The van der Waals surface area contributed by atoms with E-state index < -0.39 is 0 Å². The van der Waals surface area contributed by atoms with Gasteiger partial charge in [-0.3, -0.25) is 4.90 Å². The van der Waals surface area contributed by atoms with Gasteiger partial charge in [0.1, 0.15) is 5.76 Å². The summed E-state index contributed by atoms with van der Waals surface area (Å²) in [5, 5.41) is 3.14. The molecule has 0 aliphatic carbocycles. The van der Waals surface area contributed by atoms with Crippen LogP contribution in [0, 0.1) is 0 Å². The molecule has 0 saturated carbocycles. The molecule has 2 rings (SSSR count). The largest absolute Gasteiger partial charge is 0.468 e. The molecule has 2 heterocycles. The van der Waals surface area contributed by atoms with Gasteiger partial charge < -0.3 is 14.6 Å². The van der Waals surface area contributed by atoms with Crippen molar-refractivity contribution >= 4 is 0 Å². The molecule has 0 radical (unpaired) electrons. The van der Waals surface area contributed by atoms with Crippen molar-refractivity contribution in [1.29, 1.82) is 0 Å². The monoisotopic (exact) mass is 251 g/mol. The first kappa shape index (κ1) is 13.6. The second kappa shape index (κ2) is 6.36. The lowest BCUT2D eigenvalue weighted by molar-refractivity contribution is 0.0836. The molecule has 1 fully saturated rings. The summed E-state index contributed by atoms with van der Waals surface area (Å²) in [6, 6.07) is 2.85. The van der Waals surface area contributed by atoms with Crippen LogP contribution in [0.3, 0.4) is 0 Å². The average molecular weight is 251 g/mol. The zero-order chi connectivity index (χ0) is 13.0. The van der Waals surface area contributed by atoms with E-state index in [1.54, 1.807) is 0 Å². The van der Waals surface area contributed by atoms with Gasteiger partial charge in [0, 0.05) is 37.8 Å². The predicted molar refractivity (Wildman–Crippen MR) is 73.5 cm³/mol. The number of nitrogens with zero attached hydrogens (tertiary/aromatic N) is 2. The summed E-state index contributed by atoms with van der Waals surface area (Å²) in [6.07, 6.45) is 3.08. The van der Waals surface area contributed by atoms with Gasteiger partial charge in [-0.1, -0.05) is 6.92 Å². The third-order valence-corrected chi connectivity index (χ3v) is 3.80. The third-order valence-electron chi connectivity index (χ3n) is 3.80. The lowest BCUT2D eigenvalue weighted by atomic mass is 10.1. The second-order valence-electron chi connectivity index (χ2n) is 5.23. The van der Waals surface area contributed by atoms with Crippen molar-refractivity contribution in [2.24, 2.45) is 0 Å². The van der Waals surface area contributed by atoms with E-state index in [9.17, 15) is 0 Å². The smallest absolute Gasteiger partial charge is 0.118 e. The summed E-state index contributed by atoms with van der Waals surface area (Å²) in [5.74, 6) is 1.08. The number of hydrogen-bond acceptors (Lipinski definition) is 4. The molecule has 1 aromatic heterocycles. The molecule has 1 atom stereocenters. The van der Waals surface area contributed by atoms with E-state index in [4.69, 9.17) is 4.42 Å². The van der Waals surface area contributed by atoms with Gasteiger partial charge in [0.15, 0.2) is 0 Å². The van der Waals surface area contributed by atoms with Crippen LogP contribution in [0.5, 0.6) is 0 Å². The molecular weight excluding hydrogens is 226 g/mol. The summed E-state index contributed by atoms with van der Waals surface area (Å²) < 4.78 is 5.62. The summed E-state index contributed by atoms with van der Waals surface area (Å²) >= 11 is 0. The number of rotatable bonds is 5.